The summed E-state index contributed by atoms with van der Waals surface area (Å²) in [6.45, 7) is 13.7. The van der Waals surface area contributed by atoms with Crippen LogP contribution >= 0.6 is 0 Å². The highest BCUT2D eigenvalue weighted by Gasteiger charge is 2.26. The van der Waals surface area contributed by atoms with Crippen LogP contribution < -0.4 is 10.6 Å². The summed E-state index contributed by atoms with van der Waals surface area (Å²) in [7, 11) is -5.11. The van der Waals surface area contributed by atoms with Crippen LogP contribution in [0.1, 0.15) is 79.1 Å². The molecule has 0 aromatic carbocycles. The summed E-state index contributed by atoms with van der Waals surface area (Å²) in [5.74, 6) is 0. The Labute approximate surface area is 144 Å². The minimum atomic E-state index is -5.11. The molecule has 5 N–H and O–H groups in total. The van der Waals surface area contributed by atoms with Gasteiger partial charge in [-0.1, -0.05) is 53.4 Å². The third-order valence-electron chi connectivity index (χ3n) is 2.83. The van der Waals surface area contributed by atoms with Crippen LogP contribution in [0.25, 0.3) is 0 Å². The van der Waals surface area contributed by atoms with Gasteiger partial charge in [-0.2, -0.15) is 0 Å². The molecule has 7 heteroatoms. The van der Waals surface area contributed by atoms with Crippen LogP contribution in [0.3, 0.4) is 0 Å². The van der Waals surface area contributed by atoms with E-state index in [-0.39, 0.29) is 0 Å². The molecule has 23 heavy (non-hydrogen) atoms. The van der Waals surface area contributed by atoms with E-state index < -0.39 is 9.14 Å². The van der Waals surface area contributed by atoms with Crippen molar-refractivity contribution in [2.45, 2.75) is 79.1 Å². The lowest BCUT2D eigenvalue weighted by Crippen LogP contribution is -2.27. The van der Waals surface area contributed by atoms with Crippen molar-refractivity contribution in [3.63, 3.8) is 0 Å². The van der Waals surface area contributed by atoms with Gasteiger partial charge < -0.3 is 25.0 Å². The zero-order chi connectivity index (χ0) is 18.4. The van der Waals surface area contributed by atoms with Gasteiger partial charge in [0.25, 0.3) is 0 Å². The lowest BCUT2D eigenvalue weighted by molar-refractivity contribution is 0.165. The molecule has 0 saturated heterocycles. The monoisotopic (exact) mass is 356 g/mol. The molecule has 5 nitrogen and oxygen atoms in total. The van der Waals surface area contributed by atoms with E-state index in [1.807, 2.05) is 0 Å². The Kier molecular flexibility index (Phi) is 29.2. The highest BCUT2D eigenvalue weighted by atomic mass is 28.4. The van der Waals surface area contributed by atoms with Gasteiger partial charge in [0.2, 0.25) is 0 Å². The smallest absolute Gasteiger partial charge is 0.365 e. The molecule has 0 aliphatic rings. The Hall–Kier alpha value is -0.0531. The van der Waals surface area contributed by atoms with Gasteiger partial charge >= 0.3 is 9.14 Å². The molecule has 0 saturated carbocycles. The number of halogens is 1. The first-order valence-electron chi connectivity index (χ1n) is 9.10. The first-order valence-corrected chi connectivity index (χ1v) is 10.8. The first-order chi connectivity index (χ1) is 10.8. The van der Waals surface area contributed by atoms with Crippen LogP contribution in [0.15, 0.2) is 0 Å². The molecule has 0 atom stereocenters. The molecule has 0 aromatic rings. The highest BCUT2D eigenvalue weighted by Crippen LogP contribution is 1.86. The van der Waals surface area contributed by atoms with E-state index in [2.05, 4.69) is 38.3 Å². The largest absolute Gasteiger partial charge is 0.711 e. The summed E-state index contributed by atoms with van der Waals surface area (Å²) < 4.78 is 10.5. The summed E-state index contributed by atoms with van der Waals surface area (Å²) in [6.07, 6.45) is 10.5. The van der Waals surface area contributed by atoms with Crippen LogP contribution in [0.5, 0.6) is 0 Å². The minimum Gasteiger partial charge on any atom is -0.365 e. The van der Waals surface area contributed by atoms with Gasteiger partial charge in [-0.25, -0.2) is 4.11 Å². The number of nitrogens with one attached hydrogen (secondary N) is 2. The van der Waals surface area contributed by atoms with Gasteiger partial charge in [0.05, 0.1) is 0 Å². The van der Waals surface area contributed by atoms with Gasteiger partial charge in [-0.15, -0.1) is 0 Å². The molecule has 0 aliphatic carbocycles. The zero-order valence-corrected chi connectivity index (χ0v) is 16.7. The van der Waals surface area contributed by atoms with Crippen LogP contribution in [0.4, 0.5) is 4.11 Å². The number of hydrogen-bond donors (Lipinski definition) is 5. The molecular formula is C16H41FN2O3Si. The Morgan fingerprint density at radius 2 is 0.783 bits per heavy atom. The highest BCUT2D eigenvalue weighted by molar-refractivity contribution is 6.47. The van der Waals surface area contributed by atoms with Crippen LogP contribution in [0, 0.1) is 0 Å². The first kappa shape index (κ1) is 27.8. The van der Waals surface area contributed by atoms with E-state index in [0.29, 0.717) is 0 Å². The maximum Gasteiger partial charge on any atom is 0.711 e. The fourth-order valence-corrected chi connectivity index (χ4v) is 1.46. The van der Waals surface area contributed by atoms with E-state index >= 15 is 0 Å². The van der Waals surface area contributed by atoms with Crippen molar-refractivity contribution in [1.29, 1.82) is 0 Å². The Bertz CT molecular complexity index is 165. The molecule has 0 rings (SSSR count). The average Bonchev–Trinajstić information content (AvgIpc) is 2.46. The quantitative estimate of drug-likeness (QED) is 0.211. The summed E-state index contributed by atoms with van der Waals surface area (Å²) in [6, 6.07) is 0. The van der Waals surface area contributed by atoms with Crippen molar-refractivity contribution in [2.75, 3.05) is 26.2 Å². The molecule has 0 heterocycles. The summed E-state index contributed by atoms with van der Waals surface area (Å²) >= 11 is 0. The van der Waals surface area contributed by atoms with Crippen molar-refractivity contribution in [1.82, 2.24) is 10.6 Å². The molecule has 0 unspecified atom stereocenters. The topological polar surface area (TPSA) is 84.8 Å². The van der Waals surface area contributed by atoms with Crippen molar-refractivity contribution in [3.05, 3.63) is 0 Å². The second kappa shape index (κ2) is 24.2. The number of rotatable bonds is 12. The van der Waals surface area contributed by atoms with E-state index in [1.54, 1.807) is 0 Å². The van der Waals surface area contributed by atoms with E-state index in [1.165, 1.54) is 77.5 Å². The predicted molar refractivity (Wildman–Crippen MR) is 98.9 cm³/mol. The van der Waals surface area contributed by atoms with Gasteiger partial charge in [0.1, 0.15) is 0 Å². The van der Waals surface area contributed by atoms with Gasteiger partial charge in [-0.05, 0) is 51.9 Å². The molecular weight excluding hydrogens is 315 g/mol. The predicted octanol–water partition coefficient (Wildman–Crippen LogP) is 2.72. The molecule has 0 aromatic heterocycles. The van der Waals surface area contributed by atoms with Crippen molar-refractivity contribution >= 4 is 9.14 Å². The van der Waals surface area contributed by atoms with Crippen LogP contribution in [-0.4, -0.2) is 49.7 Å². The average molecular weight is 357 g/mol. The summed E-state index contributed by atoms with van der Waals surface area (Å²) in [5, 5.41) is 6.77. The van der Waals surface area contributed by atoms with E-state index in [4.69, 9.17) is 14.4 Å². The van der Waals surface area contributed by atoms with Gasteiger partial charge in [0.15, 0.2) is 0 Å². The second-order valence-corrected chi connectivity index (χ2v) is 6.57. The maximum absolute atomic E-state index is 10.5. The Morgan fingerprint density at radius 3 is 0.913 bits per heavy atom. The Morgan fingerprint density at radius 1 is 0.609 bits per heavy atom. The third-order valence-corrected chi connectivity index (χ3v) is 2.83. The van der Waals surface area contributed by atoms with Crippen LogP contribution in [0.2, 0.25) is 0 Å². The SMILES string of the molecule is CCCCNCCCC.CCCCNCCCC.O[Si](O)(O)F. The van der Waals surface area contributed by atoms with Crippen molar-refractivity contribution < 1.29 is 18.5 Å². The molecule has 0 fully saturated rings. The van der Waals surface area contributed by atoms with E-state index in [0.717, 1.165) is 0 Å². The molecule has 0 amide bonds. The molecule has 144 valence electrons. The molecule has 0 bridgehead atoms. The molecule has 0 spiro atoms. The minimum absolute atomic E-state index is 1.20. The van der Waals surface area contributed by atoms with Crippen LogP contribution in [-0.2, 0) is 0 Å². The number of unbranched alkanes of at least 4 members (excludes halogenated alkanes) is 4. The summed E-state index contributed by atoms with van der Waals surface area (Å²) in [4.78, 5) is 21.3. The lowest BCUT2D eigenvalue weighted by Gasteiger charge is -1.99. The van der Waals surface area contributed by atoms with E-state index in [9.17, 15) is 4.11 Å². The van der Waals surface area contributed by atoms with Crippen molar-refractivity contribution in [3.8, 4) is 0 Å². The lowest BCUT2D eigenvalue weighted by atomic mass is 10.3. The van der Waals surface area contributed by atoms with Gasteiger partial charge in [0, 0.05) is 0 Å². The zero-order valence-electron chi connectivity index (χ0n) is 15.7. The fraction of sp³-hybridized carbons (Fsp3) is 1.00. The second-order valence-electron chi connectivity index (χ2n) is 5.47. The van der Waals surface area contributed by atoms with Gasteiger partial charge in [-0.3, -0.25) is 0 Å². The molecule has 0 aliphatic heterocycles. The Balaban J connectivity index is -0.000000273. The maximum atomic E-state index is 10.5. The normalized spacial score (nSPS) is 10.4. The van der Waals surface area contributed by atoms with Crippen molar-refractivity contribution in [2.24, 2.45) is 0 Å². The fourth-order valence-electron chi connectivity index (χ4n) is 1.46. The summed E-state index contributed by atoms with van der Waals surface area (Å²) in [5.41, 5.74) is 0. The standard InChI is InChI=1S/2C8H19N.FH3O3Si/c2*1-3-5-7-9-8-6-4-2;1-5(2,3)4/h2*9H,3-8H2,1-2H3;2-4H. The molecule has 0 radical (unpaired) electrons. The number of hydrogen-bond acceptors (Lipinski definition) is 5. The third kappa shape index (κ3) is 61.2.